The number of carbonyl (C=O) groups is 2. The van der Waals surface area contributed by atoms with Crippen LogP contribution in [-0.4, -0.2) is 86.6 Å². The predicted octanol–water partition coefficient (Wildman–Crippen LogP) is 1.99. The number of hydrogen-bond donors (Lipinski definition) is 0. The van der Waals surface area contributed by atoms with Gasteiger partial charge in [0.2, 0.25) is 5.91 Å². The number of likely N-dealkylation sites (tertiary alicyclic amines) is 1. The molecule has 2 saturated heterocycles. The zero-order chi connectivity index (χ0) is 21.8. The first-order valence-corrected chi connectivity index (χ1v) is 11.4. The number of piperidine rings is 1. The van der Waals surface area contributed by atoms with Crippen LogP contribution in [0, 0.1) is 0 Å². The molecule has 2 aromatic rings. The zero-order valence-electron chi connectivity index (χ0n) is 18.5. The van der Waals surface area contributed by atoms with Crippen LogP contribution in [-0.2, 0) is 11.2 Å². The van der Waals surface area contributed by atoms with E-state index in [4.69, 9.17) is 0 Å². The molecule has 0 N–H and O–H groups in total. The van der Waals surface area contributed by atoms with Crippen molar-refractivity contribution in [2.24, 2.45) is 0 Å². The summed E-state index contributed by atoms with van der Waals surface area (Å²) >= 11 is 0. The highest BCUT2D eigenvalue weighted by molar-refractivity contribution is 5.95. The summed E-state index contributed by atoms with van der Waals surface area (Å²) in [4.78, 5) is 36.5. The summed E-state index contributed by atoms with van der Waals surface area (Å²) in [5, 5.41) is 4.44. The molecule has 1 atom stereocenters. The minimum Gasteiger partial charge on any atom is -0.341 e. The Morgan fingerprint density at radius 3 is 2.39 bits per heavy atom. The van der Waals surface area contributed by atoms with Crippen molar-refractivity contribution in [1.82, 2.24) is 29.5 Å². The van der Waals surface area contributed by atoms with Crippen LogP contribution in [0.4, 0.5) is 0 Å². The lowest BCUT2D eigenvalue weighted by atomic mass is 10.1. The Labute approximate surface area is 183 Å². The van der Waals surface area contributed by atoms with Gasteiger partial charge in [0.25, 0.3) is 5.91 Å². The second-order valence-corrected chi connectivity index (χ2v) is 8.35. The summed E-state index contributed by atoms with van der Waals surface area (Å²) in [5.74, 6) is 0.950. The SMILES string of the molecule is CCc1c(C(=O)N2CCN(C(C)C(=O)N3CCCCC3)CC2)cnn1-c1ccccn1. The summed E-state index contributed by atoms with van der Waals surface area (Å²) in [6, 6.07) is 5.53. The normalized spacial score (nSPS) is 18.8. The molecule has 166 valence electrons. The van der Waals surface area contributed by atoms with Crippen molar-refractivity contribution < 1.29 is 9.59 Å². The molecule has 4 heterocycles. The quantitative estimate of drug-likeness (QED) is 0.734. The second-order valence-electron chi connectivity index (χ2n) is 8.35. The van der Waals surface area contributed by atoms with Gasteiger partial charge in [-0.2, -0.15) is 5.10 Å². The van der Waals surface area contributed by atoms with Crippen LogP contribution in [0.15, 0.2) is 30.6 Å². The van der Waals surface area contributed by atoms with Gasteiger partial charge in [0.15, 0.2) is 5.82 Å². The third-order valence-electron chi connectivity index (χ3n) is 6.47. The van der Waals surface area contributed by atoms with E-state index in [1.807, 2.05) is 41.8 Å². The Balaban J connectivity index is 1.39. The van der Waals surface area contributed by atoms with E-state index in [2.05, 4.69) is 15.0 Å². The average Bonchev–Trinajstić information content (AvgIpc) is 3.28. The Kier molecular flexibility index (Phi) is 6.65. The van der Waals surface area contributed by atoms with Gasteiger partial charge >= 0.3 is 0 Å². The van der Waals surface area contributed by atoms with Gasteiger partial charge in [0, 0.05) is 45.5 Å². The summed E-state index contributed by atoms with van der Waals surface area (Å²) in [6.45, 7) is 8.44. The van der Waals surface area contributed by atoms with Crippen LogP contribution in [0.2, 0.25) is 0 Å². The molecule has 1 unspecified atom stereocenters. The molecular weight excluding hydrogens is 392 g/mol. The van der Waals surface area contributed by atoms with E-state index >= 15 is 0 Å². The summed E-state index contributed by atoms with van der Waals surface area (Å²) in [5.41, 5.74) is 1.51. The lowest BCUT2D eigenvalue weighted by Crippen LogP contribution is -2.56. The standard InChI is InChI=1S/C23H32N6O2/c1-3-20-19(17-25-29(20)21-9-5-6-10-24-21)23(31)28-15-13-26(14-16-28)18(2)22(30)27-11-7-4-8-12-27/h5-6,9-10,17-18H,3-4,7-8,11-16H2,1-2H3. The lowest BCUT2D eigenvalue weighted by Gasteiger charge is -2.39. The number of piperazine rings is 1. The Morgan fingerprint density at radius 2 is 1.74 bits per heavy atom. The highest BCUT2D eigenvalue weighted by Gasteiger charge is 2.31. The number of nitrogens with zero attached hydrogens (tertiary/aromatic N) is 6. The Morgan fingerprint density at radius 1 is 1.00 bits per heavy atom. The molecule has 0 aliphatic carbocycles. The Bertz CT molecular complexity index is 898. The zero-order valence-corrected chi connectivity index (χ0v) is 18.5. The van der Waals surface area contributed by atoms with E-state index in [9.17, 15) is 9.59 Å². The van der Waals surface area contributed by atoms with E-state index < -0.39 is 0 Å². The summed E-state index contributed by atoms with van der Waals surface area (Å²) < 4.78 is 1.75. The molecule has 2 aliphatic rings. The van der Waals surface area contributed by atoms with Gasteiger partial charge in [0.1, 0.15) is 0 Å². The van der Waals surface area contributed by atoms with E-state index in [0.717, 1.165) is 31.6 Å². The molecule has 0 spiro atoms. The van der Waals surface area contributed by atoms with Crippen molar-refractivity contribution in [2.45, 2.75) is 45.6 Å². The van der Waals surface area contributed by atoms with Crippen molar-refractivity contribution in [3.05, 3.63) is 41.9 Å². The van der Waals surface area contributed by atoms with Gasteiger partial charge in [0.05, 0.1) is 23.5 Å². The third kappa shape index (κ3) is 4.49. The second kappa shape index (κ2) is 9.60. The fraction of sp³-hybridized carbons (Fsp3) is 0.565. The van der Waals surface area contributed by atoms with Crippen molar-refractivity contribution in [3.63, 3.8) is 0 Å². The van der Waals surface area contributed by atoms with E-state index in [1.54, 1.807) is 17.1 Å². The molecule has 8 nitrogen and oxygen atoms in total. The van der Waals surface area contributed by atoms with Gasteiger partial charge in [-0.1, -0.05) is 13.0 Å². The Hall–Kier alpha value is -2.74. The number of pyridine rings is 1. The van der Waals surface area contributed by atoms with E-state index in [-0.39, 0.29) is 17.9 Å². The third-order valence-corrected chi connectivity index (χ3v) is 6.47. The van der Waals surface area contributed by atoms with Gasteiger partial charge in [-0.05, 0) is 44.7 Å². The smallest absolute Gasteiger partial charge is 0.257 e. The maximum atomic E-state index is 13.2. The van der Waals surface area contributed by atoms with Crippen LogP contribution in [0.5, 0.6) is 0 Å². The first-order chi connectivity index (χ1) is 15.1. The van der Waals surface area contributed by atoms with Gasteiger partial charge in [-0.25, -0.2) is 9.67 Å². The molecule has 8 heteroatoms. The number of hydrogen-bond acceptors (Lipinski definition) is 5. The number of aromatic nitrogens is 3. The lowest BCUT2D eigenvalue weighted by molar-refractivity contribution is -0.137. The van der Waals surface area contributed by atoms with E-state index in [0.29, 0.717) is 44.0 Å². The molecule has 0 aromatic carbocycles. The van der Waals surface area contributed by atoms with Gasteiger partial charge < -0.3 is 9.80 Å². The van der Waals surface area contributed by atoms with Gasteiger partial charge in [-0.15, -0.1) is 0 Å². The predicted molar refractivity (Wildman–Crippen MR) is 118 cm³/mol. The minimum absolute atomic E-state index is 0.00805. The molecular formula is C23H32N6O2. The molecule has 0 bridgehead atoms. The van der Waals surface area contributed by atoms with Crippen LogP contribution >= 0.6 is 0 Å². The van der Waals surface area contributed by atoms with Crippen LogP contribution in [0.25, 0.3) is 5.82 Å². The first kappa shape index (κ1) is 21.5. The maximum Gasteiger partial charge on any atom is 0.257 e. The minimum atomic E-state index is -0.131. The van der Waals surface area contributed by atoms with Crippen molar-refractivity contribution in [3.8, 4) is 5.82 Å². The van der Waals surface area contributed by atoms with Crippen LogP contribution < -0.4 is 0 Å². The highest BCUT2D eigenvalue weighted by Crippen LogP contribution is 2.19. The van der Waals surface area contributed by atoms with Crippen LogP contribution in [0.1, 0.15) is 49.2 Å². The molecule has 4 rings (SSSR count). The van der Waals surface area contributed by atoms with Crippen molar-refractivity contribution in [1.29, 1.82) is 0 Å². The average molecular weight is 425 g/mol. The molecule has 2 aromatic heterocycles. The number of rotatable bonds is 5. The summed E-state index contributed by atoms with van der Waals surface area (Å²) in [6.07, 6.45) is 7.50. The topological polar surface area (TPSA) is 74.6 Å². The molecule has 0 radical (unpaired) electrons. The van der Waals surface area contributed by atoms with E-state index in [1.165, 1.54) is 6.42 Å². The number of amides is 2. The van der Waals surface area contributed by atoms with Gasteiger partial charge in [-0.3, -0.25) is 14.5 Å². The monoisotopic (exact) mass is 424 g/mol. The molecule has 2 amide bonds. The first-order valence-electron chi connectivity index (χ1n) is 11.4. The van der Waals surface area contributed by atoms with Crippen LogP contribution in [0.3, 0.4) is 0 Å². The maximum absolute atomic E-state index is 13.2. The van der Waals surface area contributed by atoms with Crippen molar-refractivity contribution in [2.75, 3.05) is 39.3 Å². The molecule has 2 fully saturated rings. The fourth-order valence-corrected chi connectivity index (χ4v) is 4.59. The largest absolute Gasteiger partial charge is 0.341 e. The summed E-state index contributed by atoms with van der Waals surface area (Å²) in [7, 11) is 0. The fourth-order valence-electron chi connectivity index (χ4n) is 4.59. The van der Waals surface area contributed by atoms with Crippen molar-refractivity contribution >= 4 is 11.8 Å². The molecule has 31 heavy (non-hydrogen) atoms. The molecule has 2 aliphatic heterocycles. The highest BCUT2D eigenvalue weighted by atomic mass is 16.2. The molecule has 0 saturated carbocycles. The number of carbonyl (C=O) groups excluding carboxylic acids is 2.